The highest BCUT2D eigenvalue weighted by Crippen LogP contribution is 2.43. The fraction of sp³-hybridized carbons (Fsp3) is 0.368. The Kier molecular flexibility index (Phi) is 4.11. The Bertz CT molecular complexity index is 792. The van der Waals surface area contributed by atoms with Crippen LogP contribution in [0.25, 0.3) is 11.4 Å². The number of nitrogens with zero attached hydrogens (tertiary/aromatic N) is 2. The highest BCUT2D eigenvalue weighted by atomic mass is 19.1. The van der Waals surface area contributed by atoms with Crippen LogP contribution >= 0.6 is 0 Å². The van der Waals surface area contributed by atoms with Crippen molar-refractivity contribution in [2.24, 2.45) is 5.41 Å². The van der Waals surface area contributed by atoms with Gasteiger partial charge in [0.25, 0.3) is 0 Å². The lowest BCUT2D eigenvalue weighted by Gasteiger charge is -2.19. The highest BCUT2D eigenvalue weighted by Gasteiger charge is 2.30. The Labute approximate surface area is 141 Å². The Balaban J connectivity index is 2.03. The Hall–Kier alpha value is -2.30. The molecule has 1 aromatic carbocycles. The van der Waals surface area contributed by atoms with E-state index in [4.69, 9.17) is 0 Å². The fourth-order valence-corrected chi connectivity index (χ4v) is 2.36. The topological polar surface area (TPSA) is 54.9 Å². The first-order valence-corrected chi connectivity index (χ1v) is 8.06. The zero-order valence-electron chi connectivity index (χ0n) is 14.2. The summed E-state index contributed by atoms with van der Waals surface area (Å²) in [6.07, 6.45) is 3.82. The third kappa shape index (κ3) is 3.30. The summed E-state index contributed by atoms with van der Waals surface area (Å²) in [5, 5.41) is 2.89. The number of hydrogen-bond acceptors (Lipinski definition) is 3. The van der Waals surface area contributed by atoms with E-state index in [1.54, 1.807) is 24.4 Å². The molecule has 0 aliphatic heterocycles. The lowest BCUT2D eigenvalue weighted by atomic mass is 9.95. The Morgan fingerprint density at radius 2 is 2.04 bits per heavy atom. The molecule has 1 heterocycles. The number of carbonyl (C=O) groups is 1. The molecule has 0 spiro atoms. The average molecular weight is 326 g/mol. The number of aromatic nitrogens is 2. The number of nitrogens with one attached hydrogen (secondary N) is 1. The van der Waals surface area contributed by atoms with Gasteiger partial charge in [-0.25, -0.2) is 14.4 Å². The smallest absolute Gasteiger partial charge is 0.230 e. The van der Waals surface area contributed by atoms with Gasteiger partial charge < -0.3 is 5.32 Å². The zero-order chi connectivity index (χ0) is 17.5. The number of rotatable bonds is 3. The maximum atomic E-state index is 14.3. The van der Waals surface area contributed by atoms with Crippen LogP contribution in [0.1, 0.15) is 50.7 Å². The van der Waals surface area contributed by atoms with Gasteiger partial charge >= 0.3 is 0 Å². The van der Waals surface area contributed by atoms with E-state index >= 15 is 0 Å². The van der Waals surface area contributed by atoms with Gasteiger partial charge in [-0.3, -0.25) is 4.79 Å². The van der Waals surface area contributed by atoms with Gasteiger partial charge in [0.1, 0.15) is 11.6 Å². The number of anilines is 1. The van der Waals surface area contributed by atoms with Crippen LogP contribution in [0.15, 0.2) is 24.4 Å². The third-order valence-corrected chi connectivity index (χ3v) is 4.07. The van der Waals surface area contributed by atoms with Crippen LogP contribution in [-0.2, 0) is 4.79 Å². The van der Waals surface area contributed by atoms with Gasteiger partial charge in [0.05, 0.1) is 5.56 Å². The van der Waals surface area contributed by atoms with Gasteiger partial charge in [0.15, 0.2) is 5.82 Å². The molecule has 1 aliphatic rings. The number of amides is 1. The van der Waals surface area contributed by atoms with Crippen molar-refractivity contribution in [2.75, 3.05) is 5.32 Å². The molecule has 0 bridgehead atoms. The van der Waals surface area contributed by atoms with E-state index in [9.17, 15) is 9.18 Å². The largest absolute Gasteiger partial charge is 0.310 e. The fourth-order valence-electron chi connectivity index (χ4n) is 2.36. The summed E-state index contributed by atoms with van der Waals surface area (Å²) >= 11 is 0. The molecular weight excluding hydrogens is 305 g/mol. The average Bonchev–Trinajstić information content (AvgIpc) is 3.34. The molecule has 1 aliphatic carbocycles. The summed E-state index contributed by atoms with van der Waals surface area (Å²) in [5.41, 5.74) is 0.964. The quantitative estimate of drug-likeness (QED) is 0.913. The van der Waals surface area contributed by atoms with Crippen molar-refractivity contribution in [1.82, 2.24) is 9.97 Å². The molecule has 0 atom stereocenters. The van der Waals surface area contributed by atoms with Crippen molar-refractivity contribution in [1.29, 1.82) is 0 Å². The van der Waals surface area contributed by atoms with Crippen molar-refractivity contribution in [2.45, 2.75) is 39.5 Å². The standard InChI is InChI=1S/C19H21FN3O/c1-11-6-5-7-13(15(11)20)16-21-10-14(12-8-9-12)17(22-16)23-18(24)19(2,3)4/h5-7,10,12H,1,8-9H2,2-4H3,(H,21,22,23,24). The molecule has 1 amide bonds. The van der Waals surface area contributed by atoms with E-state index in [-0.39, 0.29) is 17.3 Å². The maximum Gasteiger partial charge on any atom is 0.230 e. The Morgan fingerprint density at radius 1 is 1.33 bits per heavy atom. The van der Waals surface area contributed by atoms with Gasteiger partial charge in [0, 0.05) is 17.2 Å². The molecule has 5 heteroatoms. The van der Waals surface area contributed by atoms with Crippen LogP contribution in [0.4, 0.5) is 10.2 Å². The minimum absolute atomic E-state index is 0.125. The lowest BCUT2D eigenvalue weighted by Crippen LogP contribution is -2.28. The summed E-state index contributed by atoms with van der Waals surface area (Å²) in [5.74, 6) is 0.548. The lowest BCUT2D eigenvalue weighted by molar-refractivity contribution is -0.123. The van der Waals surface area contributed by atoms with Gasteiger partial charge in [-0.1, -0.05) is 32.9 Å². The summed E-state index contributed by atoms with van der Waals surface area (Å²) in [7, 11) is 0. The van der Waals surface area contributed by atoms with E-state index in [0.717, 1.165) is 18.4 Å². The highest BCUT2D eigenvalue weighted by molar-refractivity contribution is 5.94. The molecule has 4 nitrogen and oxygen atoms in total. The SMILES string of the molecule is [CH2]c1cccc(-c2ncc(C3CC3)c(NC(=O)C(C)(C)C)n2)c1F. The van der Waals surface area contributed by atoms with E-state index in [1.165, 1.54) is 0 Å². The first-order chi connectivity index (χ1) is 11.3. The van der Waals surface area contributed by atoms with Crippen molar-refractivity contribution < 1.29 is 9.18 Å². The monoisotopic (exact) mass is 326 g/mol. The summed E-state index contributed by atoms with van der Waals surface area (Å²) < 4.78 is 14.3. The molecule has 24 heavy (non-hydrogen) atoms. The molecule has 125 valence electrons. The van der Waals surface area contributed by atoms with Crippen molar-refractivity contribution in [3.8, 4) is 11.4 Å². The third-order valence-electron chi connectivity index (χ3n) is 4.07. The first-order valence-electron chi connectivity index (χ1n) is 8.06. The molecule has 0 unspecified atom stereocenters. The minimum atomic E-state index is -0.537. The van der Waals surface area contributed by atoms with Gasteiger partial charge in [0.2, 0.25) is 5.91 Å². The Morgan fingerprint density at radius 3 is 2.67 bits per heavy atom. The van der Waals surface area contributed by atoms with E-state index in [2.05, 4.69) is 22.2 Å². The second kappa shape index (κ2) is 5.96. The molecule has 2 aromatic rings. The van der Waals surface area contributed by atoms with Crippen molar-refractivity contribution in [3.05, 3.63) is 48.3 Å². The van der Waals surface area contributed by atoms with Crippen LogP contribution in [0, 0.1) is 18.2 Å². The second-order valence-corrected chi connectivity index (χ2v) is 7.25. The number of hydrogen-bond donors (Lipinski definition) is 1. The predicted octanol–water partition coefficient (Wildman–Crippen LogP) is 4.33. The molecule has 3 rings (SSSR count). The molecule has 1 radical (unpaired) electrons. The molecule has 0 saturated heterocycles. The van der Waals surface area contributed by atoms with Crippen LogP contribution < -0.4 is 5.32 Å². The number of benzene rings is 1. The number of carbonyl (C=O) groups excluding carboxylic acids is 1. The summed E-state index contributed by atoms with van der Waals surface area (Å²) in [6, 6.07) is 4.93. The van der Waals surface area contributed by atoms with Gasteiger partial charge in [-0.15, -0.1) is 0 Å². The van der Waals surface area contributed by atoms with E-state index in [1.807, 2.05) is 20.8 Å². The summed E-state index contributed by atoms with van der Waals surface area (Å²) in [4.78, 5) is 21.1. The van der Waals surface area contributed by atoms with E-state index in [0.29, 0.717) is 17.3 Å². The number of halogens is 1. The minimum Gasteiger partial charge on any atom is -0.310 e. The second-order valence-electron chi connectivity index (χ2n) is 7.25. The normalized spacial score (nSPS) is 14.5. The summed E-state index contributed by atoms with van der Waals surface area (Å²) in [6.45, 7) is 9.19. The van der Waals surface area contributed by atoms with Crippen molar-refractivity contribution in [3.63, 3.8) is 0 Å². The van der Waals surface area contributed by atoms with Crippen LogP contribution in [0.2, 0.25) is 0 Å². The molecular formula is C19H21FN3O. The van der Waals surface area contributed by atoms with Crippen LogP contribution in [0.3, 0.4) is 0 Å². The first kappa shape index (κ1) is 16.6. The molecule has 1 saturated carbocycles. The predicted molar refractivity (Wildman–Crippen MR) is 91.9 cm³/mol. The van der Waals surface area contributed by atoms with Gasteiger partial charge in [-0.2, -0.15) is 0 Å². The van der Waals surface area contributed by atoms with Crippen LogP contribution in [-0.4, -0.2) is 15.9 Å². The van der Waals surface area contributed by atoms with Crippen molar-refractivity contribution >= 4 is 11.7 Å². The molecule has 1 N–H and O–H groups in total. The van der Waals surface area contributed by atoms with E-state index < -0.39 is 11.2 Å². The molecule has 1 aromatic heterocycles. The zero-order valence-corrected chi connectivity index (χ0v) is 14.2. The van der Waals surface area contributed by atoms with Crippen LogP contribution in [0.5, 0.6) is 0 Å². The molecule has 1 fully saturated rings. The maximum absolute atomic E-state index is 14.3. The van der Waals surface area contributed by atoms with Gasteiger partial charge in [-0.05, 0) is 37.3 Å².